The largest absolute Gasteiger partial charge is 0.384 e. The van der Waals surface area contributed by atoms with Crippen molar-refractivity contribution in [2.24, 2.45) is 0 Å². The Balaban J connectivity index is 2.26. The van der Waals surface area contributed by atoms with Crippen molar-refractivity contribution in [3.8, 4) is 0 Å². The van der Waals surface area contributed by atoms with Crippen molar-refractivity contribution in [3.05, 3.63) is 35.0 Å². The van der Waals surface area contributed by atoms with Gasteiger partial charge >= 0.3 is 0 Å². The summed E-state index contributed by atoms with van der Waals surface area (Å²) in [7, 11) is 0. The first-order chi connectivity index (χ1) is 9.33. The zero-order valence-corrected chi connectivity index (χ0v) is 11.9. The Hall–Kier alpha value is -1.57. The first-order valence-electron chi connectivity index (χ1n) is 7.51. The van der Waals surface area contributed by atoms with Crippen molar-refractivity contribution >= 4 is 16.6 Å². The number of nitrogens with zero attached hydrogens (tertiary/aromatic N) is 1. The summed E-state index contributed by atoms with van der Waals surface area (Å²) in [5.41, 5.74) is 6.67. The molecule has 2 aromatic rings. The number of aromatic nitrogens is 1. The van der Waals surface area contributed by atoms with Crippen LogP contribution >= 0.6 is 0 Å². The smallest absolute Gasteiger partial charge is 0.0726 e. The number of anilines is 1. The molecule has 1 aliphatic rings. The Morgan fingerprint density at radius 3 is 2.79 bits per heavy atom. The standard InChI is InChI=1S/C17H22N2/c1-3-12-9-10-16-14(11-12)17(18-4-2)13-7-5-6-8-15(13)19-16/h9-11H,3-8H2,1-2H3,(H,18,19). The van der Waals surface area contributed by atoms with E-state index in [1.165, 1.54) is 47.2 Å². The second-order valence-electron chi connectivity index (χ2n) is 5.35. The van der Waals surface area contributed by atoms with Crippen molar-refractivity contribution in [3.63, 3.8) is 0 Å². The Bertz CT molecular complexity index is 602. The minimum atomic E-state index is 0.974. The lowest BCUT2D eigenvalue weighted by atomic mass is 9.92. The highest BCUT2D eigenvalue weighted by molar-refractivity contribution is 5.94. The molecule has 1 N–H and O–H groups in total. The summed E-state index contributed by atoms with van der Waals surface area (Å²) in [5.74, 6) is 0. The lowest BCUT2D eigenvalue weighted by molar-refractivity contribution is 0.672. The molecule has 2 nitrogen and oxygen atoms in total. The number of fused-ring (bicyclic) bond motifs is 2. The van der Waals surface area contributed by atoms with Crippen LogP contribution in [0.15, 0.2) is 18.2 Å². The van der Waals surface area contributed by atoms with E-state index in [2.05, 4.69) is 37.4 Å². The summed E-state index contributed by atoms with van der Waals surface area (Å²) in [6, 6.07) is 6.71. The zero-order chi connectivity index (χ0) is 13.2. The Kier molecular flexibility index (Phi) is 3.41. The molecule has 0 spiro atoms. The maximum Gasteiger partial charge on any atom is 0.0726 e. The molecule has 19 heavy (non-hydrogen) atoms. The predicted octanol–water partition coefficient (Wildman–Crippen LogP) is 4.11. The quantitative estimate of drug-likeness (QED) is 0.891. The van der Waals surface area contributed by atoms with Crippen LogP contribution in [0.5, 0.6) is 0 Å². The summed E-state index contributed by atoms with van der Waals surface area (Å²) in [6.07, 6.45) is 5.98. The van der Waals surface area contributed by atoms with E-state index in [1.54, 1.807) is 0 Å². The van der Waals surface area contributed by atoms with E-state index < -0.39 is 0 Å². The second kappa shape index (κ2) is 5.20. The van der Waals surface area contributed by atoms with Crippen molar-refractivity contribution < 1.29 is 0 Å². The maximum absolute atomic E-state index is 4.89. The Morgan fingerprint density at radius 2 is 2.00 bits per heavy atom. The molecule has 0 aliphatic heterocycles. The van der Waals surface area contributed by atoms with Crippen LogP contribution in [0.1, 0.15) is 43.5 Å². The molecule has 1 aliphatic carbocycles. The van der Waals surface area contributed by atoms with Crippen LogP contribution in [0, 0.1) is 0 Å². The zero-order valence-electron chi connectivity index (χ0n) is 11.9. The highest BCUT2D eigenvalue weighted by Crippen LogP contribution is 2.33. The average molecular weight is 254 g/mol. The molecule has 100 valence electrons. The van der Waals surface area contributed by atoms with Gasteiger partial charge in [-0.25, -0.2) is 0 Å². The van der Waals surface area contributed by atoms with E-state index in [1.807, 2.05) is 0 Å². The van der Waals surface area contributed by atoms with Crippen LogP contribution in [-0.4, -0.2) is 11.5 Å². The summed E-state index contributed by atoms with van der Waals surface area (Å²) < 4.78 is 0. The number of nitrogens with one attached hydrogen (secondary N) is 1. The summed E-state index contributed by atoms with van der Waals surface area (Å²) in [4.78, 5) is 4.89. The van der Waals surface area contributed by atoms with E-state index in [9.17, 15) is 0 Å². The van der Waals surface area contributed by atoms with Gasteiger partial charge in [0.05, 0.1) is 5.52 Å². The normalized spacial score (nSPS) is 14.4. The first kappa shape index (κ1) is 12.5. The summed E-state index contributed by atoms with van der Waals surface area (Å²) >= 11 is 0. The molecule has 2 heteroatoms. The van der Waals surface area contributed by atoms with Crippen molar-refractivity contribution in [2.45, 2.75) is 46.0 Å². The molecular weight excluding hydrogens is 232 g/mol. The molecule has 3 rings (SSSR count). The molecule has 0 bridgehead atoms. The molecule has 0 atom stereocenters. The fraction of sp³-hybridized carbons (Fsp3) is 0.471. The highest BCUT2D eigenvalue weighted by atomic mass is 14.9. The molecule has 1 aromatic heterocycles. The van der Waals surface area contributed by atoms with Gasteiger partial charge in [0.15, 0.2) is 0 Å². The van der Waals surface area contributed by atoms with Gasteiger partial charge in [0, 0.05) is 23.3 Å². The third-order valence-electron chi connectivity index (χ3n) is 4.09. The van der Waals surface area contributed by atoms with Gasteiger partial charge in [0.2, 0.25) is 0 Å². The van der Waals surface area contributed by atoms with Crippen LogP contribution in [0.3, 0.4) is 0 Å². The minimum absolute atomic E-state index is 0.974. The Morgan fingerprint density at radius 1 is 1.16 bits per heavy atom. The van der Waals surface area contributed by atoms with Crippen molar-refractivity contribution in [1.82, 2.24) is 4.98 Å². The fourth-order valence-corrected chi connectivity index (χ4v) is 3.07. The van der Waals surface area contributed by atoms with E-state index in [0.717, 1.165) is 24.9 Å². The van der Waals surface area contributed by atoms with Crippen molar-refractivity contribution in [2.75, 3.05) is 11.9 Å². The van der Waals surface area contributed by atoms with Crippen LogP contribution in [0.2, 0.25) is 0 Å². The number of hydrogen-bond donors (Lipinski definition) is 1. The fourth-order valence-electron chi connectivity index (χ4n) is 3.07. The summed E-state index contributed by atoms with van der Waals surface area (Å²) in [6.45, 7) is 5.35. The van der Waals surface area contributed by atoms with Crippen LogP contribution < -0.4 is 5.32 Å². The van der Waals surface area contributed by atoms with Gasteiger partial charge in [0.25, 0.3) is 0 Å². The lowest BCUT2D eigenvalue weighted by Crippen LogP contribution is -2.11. The molecule has 0 unspecified atom stereocenters. The molecule has 0 radical (unpaired) electrons. The Labute approximate surface area is 115 Å². The van der Waals surface area contributed by atoms with Crippen LogP contribution in [0.25, 0.3) is 10.9 Å². The van der Waals surface area contributed by atoms with Crippen LogP contribution in [0.4, 0.5) is 5.69 Å². The van der Waals surface area contributed by atoms with Gasteiger partial charge in [-0.2, -0.15) is 0 Å². The third-order valence-corrected chi connectivity index (χ3v) is 4.09. The van der Waals surface area contributed by atoms with Gasteiger partial charge in [-0.05, 0) is 62.3 Å². The number of rotatable bonds is 3. The van der Waals surface area contributed by atoms with E-state index in [0.29, 0.717) is 0 Å². The van der Waals surface area contributed by atoms with Gasteiger partial charge < -0.3 is 5.32 Å². The van der Waals surface area contributed by atoms with E-state index in [-0.39, 0.29) is 0 Å². The molecule has 1 aromatic carbocycles. The molecule has 0 fully saturated rings. The predicted molar refractivity (Wildman–Crippen MR) is 81.9 cm³/mol. The first-order valence-corrected chi connectivity index (χ1v) is 7.51. The van der Waals surface area contributed by atoms with E-state index >= 15 is 0 Å². The SMILES string of the molecule is CCNc1c2c(nc3ccc(CC)cc13)CCCC2. The van der Waals surface area contributed by atoms with Gasteiger partial charge in [-0.15, -0.1) is 0 Å². The third kappa shape index (κ3) is 2.20. The number of benzene rings is 1. The number of hydrogen-bond acceptors (Lipinski definition) is 2. The minimum Gasteiger partial charge on any atom is -0.384 e. The maximum atomic E-state index is 4.89. The topological polar surface area (TPSA) is 24.9 Å². The lowest BCUT2D eigenvalue weighted by Gasteiger charge is -2.21. The summed E-state index contributed by atoms with van der Waals surface area (Å²) in [5, 5.41) is 4.90. The molecular formula is C17H22N2. The van der Waals surface area contributed by atoms with Crippen molar-refractivity contribution in [1.29, 1.82) is 0 Å². The molecule has 0 saturated carbocycles. The molecule has 1 heterocycles. The average Bonchev–Trinajstić information content (AvgIpc) is 2.47. The molecule has 0 amide bonds. The van der Waals surface area contributed by atoms with Gasteiger partial charge in [0.1, 0.15) is 0 Å². The molecule has 0 saturated heterocycles. The second-order valence-corrected chi connectivity index (χ2v) is 5.35. The van der Waals surface area contributed by atoms with Gasteiger partial charge in [-0.1, -0.05) is 13.0 Å². The van der Waals surface area contributed by atoms with Crippen LogP contribution in [-0.2, 0) is 19.3 Å². The highest BCUT2D eigenvalue weighted by Gasteiger charge is 2.17. The van der Waals surface area contributed by atoms with Gasteiger partial charge in [-0.3, -0.25) is 4.98 Å². The van der Waals surface area contributed by atoms with E-state index in [4.69, 9.17) is 4.98 Å². The number of aryl methyl sites for hydroxylation is 2. The number of pyridine rings is 1. The monoisotopic (exact) mass is 254 g/mol.